The predicted octanol–water partition coefficient (Wildman–Crippen LogP) is 3.31. The molecule has 1 amide bonds. The van der Waals surface area contributed by atoms with Crippen LogP contribution in [0.4, 0.5) is 4.39 Å². The molecule has 0 aliphatic carbocycles. The van der Waals surface area contributed by atoms with Crippen LogP contribution in [0.1, 0.15) is 25.8 Å². The minimum absolute atomic E-state index is 0.0243. The Morgan fingerprint density at radius 1 is 1.27 bits per heavy atom. The summed E-state index contributed by atoms with van der Waals surface area (Å²) < 4.78 is 20.4. The van der Waals surface area contributed by atoms with Gasteiger partial charge < -0.3 is 15.0 Å². The third-order valence-corrected chi connectivity index (χ3v) is 6.69. The van der Waals surface area contributed by atoms with Crippen molar-refractivity contribution >= 4 is 39.1 Å². The zero-order chi connectivity index (χ0) is 21.6. The van der Waals surface area contributed by atoms with Crippen molar-refractivity contribution in [2.75, 3.05) is 13.7 Å². The second kappa shape index (κ2) is 7.88. The van der Waals surface area contributed by atoms with Crippen LogP contribution in [-0.4, -0.2) is 29.1 Å². The predicted molar refractivity (Wildman–Crippen MR) is 114 cm³/mol. The number of methoxy groups -OCH3 is 1. The van der Waals surface area contributed by atoms with Gasteiger partial charge in [-0.2, -0.15) is 0 Å². The summed E-state index contributed by atoms with van der Waals surface area (Å²) in [5.74, 6) is -0.624. The van der Waals surface area contributed by atoms with Crippen molar-refractivity contribution in [1.82, 2.24) is 14.9 Å². The number of rotatable bonds is 3. The quantitative estimate of drug-likeness (QED) is 0.639. The number of nitrogens with one attached hydrogen (secondary N) is 2. The van der Waals surface area contributed by atoms with Crippen LogP contribution in [0, 0.1) is 11.7 Å². The molecule has 1 fully saturated rings. The zero-order valence-corrected chi connectivity index (χ0v) is 17.8. The van der Waals surface area contributed by atoms with E-state index in [2.05, 4.69) is 10.3 Å². The lowest BCUT2D eigenvalue weighted by atomic mass is 10.0. The maximum atomic E-state index is 13.9. The van der Waals surface area contributed by atoms with Gasteiger partial charge in [0.1, 0.15) is 4.70 Å². The van der Waals surface area contributed by atoms with Gasteiger partial charge in [-0.1, -0.05) is 18.5 Å². The molecule has 4 rings (SSSR count). The fourth-order valence-corrected chi connectivity index (χ4v) is 5.15. The number of carbonyl (C=O) groups is 1. The third-order valence-electron chi connectivity index (χ3n) is 5.22. The average molecular weight is 452 g/mol. The maximum Gasteiger partial charge on any atom is 0.329 e. The number of nitrogens with zero attached hydrogens (tertiary/aromatic N) is 1. The van der Waals surface area contributed by atoms with Crippen LogP contribution in [-0.2, 0) is 4.79 Å². The first-order valence-electron chi connectivity index (χ1n) is 9.37. The van der Waals surface area contributed by atoms with E-state index < -0.39 is 23.1 Å². The van der Waals surface area contributed by atoms with Crippen molar-refractivity contribution in [3.05, 3.63) is 49.9 Å². The van der Waals surface area contributed by atoms with Gasteiger partial charge in [0.05, 0.1) is 23.7 Å². The zero-order valence-electron chi connectivity index (χ0n) is 16.3. The maximum absolute atomic E-state index is 13.9. The van der Waals surface area contributed by atoms with E-state index in [-0.39, 0.29) is 29.0 Å². The molecule has 2 aromatic heterocycles. The smallest absolute Gasteiger partial charge is 0.329 e. The highest BCUT2D eigenvalue weighted by Gasteiger charge is 2.27. The van der Waals surface area contributed by atoms with E-state index in [1.165, 1.54) is 13.2 Å². The van der Waals surface area contributed by atoms with E-state index >= 15 is 0 Å². The number of hydrogen-bond donors (Lipinski definition) is 2. The number of hydrogen-bond acceptors (Lipinski definition) is 5. The normalized spacial score (nSPS) is 19.5. The third kappa shape index (κ3) is 3.63. The number of ether oxygens (including phenoxy) is 1. The number of fused-ring (bicyclic) bond motifs is 1. The average Bonchev–Trinajstić information content (AvgIpc) is 3.02. The highest BCUT2D eigenvalue weighted by atomic mass is 35.5. The van der Waals surface area contributed by atoms with Gasteiger partial charge >= 0.3 is 5.69 Å². The minimum Gasteiger partial charge on any atom is -0.494 e. The van der Waals surface area contributed by atoms with Crippen LogP contribution in [0.5, 0.6) is 5.75 Å². The van der Waals surface area contributed by atoms with E-state index in [4.69, 9.17) is 16.3 Å². The highest BCUT2D eigenvalue weighted by Crippen LogP contribution is 2.38. The molecule has 158 valence electrons. The Hall–Kier alpha value is -2.65. The van der Waals surface area contributed by atoms with Gasteiger partial charge in [0.25, 0.3) is 5.56 Å². The Morgan fingerprint density at radius 2 is 2.03 bits per heavy atom. The van der Waals surface area contributed by atoms with Gasteiger partial charge in [-0.25, -0.2) is 9.18 Å². The Kier molecular flexibility index (Phi) is 5.42. The molecule has 1 aliphatic rings. The summed E-state index contributed by atoms with van der Waals surface area (Å²) in [7, 11) is 1.35. The molecule has 30 heavy (non-hydrogen) atoms. The lowest BCUT2D eigenvalue weighted by molar-refractivity contribution is -0.121. The topological polar surface area (TPSA) is 93.2 Å². The van der Waals surface area contributed by atoms with Crippen LogP contribution in [0.15, 0.2) is 27.8 Å². The lowest BCUT2D eigenvalue weighted by Crippen LogP contribution is -2.38. The van der Waals surface area contributed by atoms with Crippen LogP contribution in [0.2, 0.25) is 5.02 Å². The first kappa shape index (κ1) is 20.6. The Bertz CT molecular complexity index is 1270. The summed E-state index contributed by atoms with van der Waals surface area (Å²) in [5, 5.41) is 2.96. The van der Waals surface area contributed by atoms with Gasteiger partial charge in [-0.15, -0.1) is 11.3 Å². The largest absolute Gasteiger partial charge is 0.494 e. The van der Waals surface area contributed by atoms with Crippen molar-refractivity contribution in [2.45, 2.75) is 25.8 Å². The van der Waals surface area contributed by atoms with Crippen molar-refractivity contribution < 1.29 is 13.9 Å². The monoisotopic (exact) mass is 451 g/mol. The van der Waals surface area contributed by atoms with Gasteiger partial charge in [-0.3, -0.25) is 14.2 Å². The summed E-state index contributed by atoms with van der Waals surface area (Å²) in [6.07, 6.45) is 0.602. The van der Waals surface area contributed by atoms with E-state index in [1.54, 1.807) is 6.07 Å². The summed E-state index contributed by atoms with van der Waals surface area (Å²) in [5.41, 5.74) is -0.161. The number of carbonyl (C=O) groups excluding carboxylic acids is 1. The number of H-pyrrole nitrogens is 1. The van der Waals surface area contributed by atoms with Crippen LogP contribution >= 0.6 is 22.9 Å². The number of aromatic amines is 1. The van der Waals surface area contributed by atoms with Gasteiger partial charge in [0, 0.05) is 23.4 Å². The molecule has 1 saturated heterocycles. The molecule has 1 aliphatic heterocycles. The molecule has 7 nitrogen and oxygen atoms in total. The Balaban J connectivity index is 1.86. The van der Waals surface area contributed by atoms with E-state index in [1.807, 2.05) is 6.92 Å². The van der Waals surface area contributed by atoms with Gasteiger partial charge in [-0.05, 0) is 30.5 Å². The SMILES string of the molecule is COc1cc(-c2cc3[nH]c(=O)n(C4CC(=O)NCC(C)C4)c(=O)c3s2)c(Cl)cc1F. The van der Waals surface area contributed by atoms with Crippen LogP contribution in [0.25, 0.3) is 20.7 Å². The molecule has 1 aromatic carbocycles. The number of aromatic nitrogens is 2. The Labute approximate surface area is 179 Å². The molecule has 0 radical (unpaired) electrons. The molecule has 0 saturated carbocycles. The van der Waals surface area contributed by atoms with Crippen molar-refractivity contribution in [2.24, 2.45) is 5.92 Å². The second-order valence-corrected chi connectivity index (χ2v) is 8.89. The number of benzene rings is 1. The van der Waals surface area contributed by atoms with Crippen molar-refractivity contribution in [3.8, 4) is 16.2 Å². The molecule has 3 heterocycles. The molecular formula is C20H19ClFN3O4S. The number of thiophene rings is 1. The molecule has 0 bridgehead atoms. The van der Waals surface area contributed by atoms with Gasteiger partial charge in [0.15, 0.2) is 11.6 Å². The van der Waals surface area contributed by atoms with Crippen LogP contribution < -0.4 is 21.3 Å². The van der Waals surface area contributed by atoms with Crippen LogP contribution in [0.3, 0.4) is 0 Å². The van der Waals surface area contributed by atoms with Crippen molar-refractivity contribution in [3.63, 3.8) is 0 Å². The number of halogens is 2. The number of amides is 1. The standard InChI is InChI=1S/C20H19ClFN3O4S/c1-9-3-10(4-17(26)23-8-9)25-19(27)18-14(24-20(25)28)7-16(30-18)11-5-15(29-2)13(22)6-12(11)21/h5-7,9-10H,3-4,8H2,1-2H3,(H,23,26)(H,24,28). The summed E-state index contributed by atoms with van der Waals surface area (Å²) >= 11 is 7.35. The summed E-state index contributed by atoms with van der Waals surface area (Å²) in [6.45, 7) is 2.47. The fourth-order valence-electron chi connectivity index (χ4n) is 3.76. The Morgan fingerprint density at radius 3 is 2.77 bits per heavy atom. The summed E-state index contributed by atoms with van der Waals surface area (Å²) in [6, 6.07) is 3.71. The minimum atomic E-state index is -0.594. The van der Waals surface area contributed by atoms with E-state index in [0.29, 0.717) is 33.6 Å². The molecule has 2 N–H and O–H groups in total. The lowest BCUT2D eigenvalue weighted by Gasteiger charge is -2.17. The fraction of sp³-hybridized carbons (Fsp3) is 0.350. The molecule has 2 unspecified atom stereocenters. The van der Waals surface area contributed by atoms with Crippen molar-refractivity contribution in [1.29, 1.82) is 0 Å². The summed E-state index contributed by atoms with van der Waals surface area (Å²) in [4.78, 5) is 41.2. The molecule has 10 heteroatoms. The highest BCUT2D eigenvalue weighted by molar-refractivity contribution is 7.22. The first-order valence-corrected chi connectivity index (χ1v) is 10.6. The molecule has 3 aromatic rings. The van der Waals surface area contributed by atoms with E-state index in [9.17, 15) is 18.8 Å². The molecular weight excluding hydrogens is 433 g/mol. The first-order chi connectivity index (χ1) is 14.3. The second-order valence-electron chi connectivity index (χ2n) is 7.43. The molecule has 2 atom stereocenters. The molecule has 0 spiro atoms. The van der Waals surface area contributed by atoms with E-state index in [0.717, 1.165) is 22.0 Å². The van der Waals surface area contributed by atoms with Gasteiger partial charge in [0.2, 0.25) is 5.91 Å².